The van der Waals surface area contributed by atoms with Crippen molar-refractivity contribution in [3.05, 3.63) is 123 Å². The average molecular weight is 523 g/mol. The molecule has 0 radical (unpaired) electrons. The Labute approximate surface area is 233 Å². The van der Waals surface area contributed by atoms with Crippen molar-refractivity contribution in [3.63, 3.8) is 0 Å². The van der Waals surface area contributed by atoms with Gasteiger partial charge in [-0.2, -0.15) is 0 Å². The van der Waals surface area contributed by atoms with Gasteiger partial charge in [0.25, 0.3) is 0 Å². The molecule has 0 atom stereocenters. The lowest BCUT2D eigenvalue weighted by Crippen LogP contribution is -2.27. The summed E-state index contributed by atoms with van der Waals surface area (Å²) in [5.41, 5.74) is 8.56. The van der Waals surface area contributed by atoms with Crippen LogP contribution in [0.2, 0.25) is 0 Å². The second-order valence-corrected chi connectivity index (χ2v) is 12.7. The predicted octanol–water partition coefficient (Wildman–Crippen LogP) is 8.71. The molecule has 0 bridgehead atoms. The second kappa shape index (κ2) is 9.79. The molecule has 0 unspecified atom stereocenters. The van der Waals surface area contributed by atoms with Crippen LogP contribution >= 0.6 is 0 Å². The largest absolute Gasteiger partial charge is 0.508 e. The first-order valence-corrected chi connectivity index (χ1v) is 13.6. The second-order valence-electron chi connectivity index (χ2n) is 12.7. The van der Waals surface area contributed by atoms with E-state index < -0.39 is 0 Å². The van der Waals surface area contributed by atoms with Crippen molar-refractivity contribution in [3.8, 4) is 17.2 Å². The summed E-state index contributed by atoms with van der Waals surface area (Å²) in [4.78, 5) is 0. The summed E-state index contributed by atoms with van der Waals surface area (Å²) in [6.45, 7) is 19.2. The zero-order valence-electron chi connectivity index (χ0n) is 24.8. The molecule has 0 saturated carbocycles. The molecule has 4 rings (SSSR count). The van der Waals surface area contributed by atoms with E-state index in [1.54, 1.807) is 18.2 Å². The molecule has 0 fully saturated rings. The fourth-order valence-corrected chi connectivity index (χ4v) is 5.34. The van der Waals surface area contributed by atoms with Crippen molar-refractivity contribution in [1.29, 1.82) is 0 Å². The van der Waals surface area contributed by atoms with Crippen LogP contribution in [0.4, 0.5) is 0 Å². The van der Waals surface area contributed by atoms with Crippen LogP contribution in [-0.2, 0) is 16.2 Å². The Hall–Kier alpha value is -3.72. The number of phenols is 3. The van der Waals surface area contributed by atoms with E-state index in [0.29, 0.717) is 17.2 Å². The van der Waals surface area contributed by atoms with E-state index >= 15 is 0 Å². The first-order valence-electron chi connectivity index (χ1n) is 13.6. The Morgan fingerprint density at radius 3 is 0.795 bits per heavy atom. The smallest absolute Gasteiger partial charge is 0.118 e. The zero-order chi connectivity index (χ0) is 28.9. The van der Waals surface area contributed by atoms with E-state index in [9.17, 15) is 15.3 Å². The molecule has 3 N–H and O–H groups in total. The molecule has 3 nitrogen and oxygen atoms in total. The molecule has 0 aliphatic rings. The minimum atomic E-state index is -0.328. The first-order chi connectivity index (χ1) is 18.0. The summed E-state index contributed by atoms with van der Waals surface area (Å²) in [5.74, 6) is 0.907. The van der Waals surface area contributed by atoms with Crippen molar-refractivity contribution in [2.75, 3.05) is 0 Å². The molecule has 0 aromatic heterocycles. The highest BCUT2D eigenvalue weighted by Crippen LogP contribution is 2.43. The van der Waals surface area contributed by atoms with Gasteiger partial charge >= 0.3 is 0 Å². The Morgan fingerprint density at radius 1 is 0.359 bits per heavy atom. The lowest BCUT2D eigenvalue weighted by molar-refractivity contribution is 0.469. The zero-order valence-corrected chi connectivity index (χ0v) is 24.8. The Bertz CT molecular complexity index is 1340. The van der Waals surface area contributed by atoms with E-state index in [-0.39, 0.29) is 16.2 Å². The van der Waals surface area contributed by atoms with Crippen LogP contribution < -0.4 is 0 Å². The van der Waals surface area contributed by atoms with E-state index in [2.05, 4.69) is 77.9 Å². The van der Waals surface area contributed by atoms with Crippen LogP contribution in [0, 0.1) is 20.8 Å². The number of hydrogen-bond acceptors (Lipinski definition) is 3. The van der Waals surface area contributed by atoms with Crippen LogP contribution in [-0.4, -0.2) is 15.3 Å². The third kappa shape index (κ3) is 5.15. The Balaban J connectivity index is 1.97. The minimum absolute atomic E-state index is 0.302. The summed E-state index contributed by atoms with van der Waals surface area (Å²) in [7, 11) is 0. The molecule has 0 amide bonds. The van der Waals surface area contributed by atoms with Crippen LogP contribution in [0.15, 0.2) is 72.8 Å². The summed E-state index contributed by atoms with van der Waals surface area (Å²) < 4.78 is 0. The van der Waals surface area contributed by atoms with Gasteiger partial charge in [-0.1, -0.05) is 96.1 Å². The molecule has 4 aromatic carbocycles. The maximum absolute atomic E-state index is 10.2. The lowest BCUT2D eigenvalue weighted by atomic mass is 9.69. The molecule has 4 aromatic rings. The quantitative estimate of drug-likeness (QED) is 0.237. The summed E-state index contributed by atoms with van der Waals surface area (Å²) in [6, 6.07) is 24.5. The van der Waals surface area contributed by atoms with Gasteiger partial charge in [-0.15, -0.1) is 0 Å². The molecular formula is C36H42O3. The molecule has 0 aliphatic carbocycles. The lowest BCUT2D eigenvalue weighted by Gasteiger charge is -2.35. The van der Waals surface area contributed by atoms with E-state index in [0.717, 1.165) is 33.4 Å². The van der Waals surface area contributed by atoms with E-state index in [4.69, 9.17) is 0 Å². The third-order valence-electron chi connectivity index (χ3n) is 8.85. The van der Waals surface area contributed by atoms with E-state index in [1.165, 1.54) is 16.7 Å². The highest BCUT2D eigenvalue weighted by molar-refractivity contribution is 5.53. The van der Waals surface area contributed by atoms with E-state index in [1.807, 2.05) is 39.0 Å². The normalized spacial score (nSPS) is 12.5. The fraction of sp³-hybridized carbons (Fsp3) is 0.333. The van der Waals surface area contributed by atoms with Gasteiger partial charge in [0.2, 0.25) is 0 Å². The summed E-state index contributed by atoms with van der Waals surface area (Å²) in [6.07, 6.45) is 0. The Kier molecular flexibility index (Phi) is 7.10. The molecule has 3 heteroatoms. The maximum atomic E-state index is 10.2. The van der Waals surface area contributed by atoms with Crippen molar-refractivity contribution in [2.45, 2.75) is 78.6 Å². The van der Waals surface area contributed by atoms with Gasteiger partial charge in [0.1, 0.15) is 17.2 Å². The van der Waals surface area contributed by atoms with Gasteiger partial charge in [0, 0.05) is 16.2 Å². The highest BCUT2D eigenvalue weighted by Gasteiger charge is 2.33. The van der Waals surface area contributed by atoms with Crippen molar-refractivity contribution in [1.82, 2.24) is 0 Å². The van der Waals surface area contributed by atoms with Crippen LogP contribution in [0.5, 0.6) is 17.2 Å². The predicted molar refractivity (Wildman–Crippen MR) is 161 cm³/mol. The molecule has 0 aliphatic heterocycles. The van der Waals surface area contributed by atoms with Crippen LogP contribution in [0.25, 0.3) is 0 Å². The molecule has 0 saturated heterocycles. The number of aromatic hydroxyl groups is 3. The number of rotatable bonds is 6. The molecule has 39 heavy (non-hydrogen) atoms. The SMILES string of the molecule is Cc1cc(C(C)(C)c2cc(C(C)(C)c3ccc(O)c(C)c3)cc(C(C)(C)c3ccc(O)c(C)c3)c2)ccc1O. The van der Waals surface area contributed by atoms with Crippen molar-refractivity contribution < 1.29 is 15.3 Å². The maximum Gasteiger partial charge on any atom is 0.118 e. The van der Waals surface area contributed by atoms with Crippen LogP contribution in [0.1, 0.15) is 91.6 Å². The monoisotopic (exact) mass is 522 g/mol. The third-order valence-corrected chi connectivity index (χ3v) is 8.85. The minimum Gasteiger partial charge on any atom is -0.508 e. The number of hydrogen-bond donors (Lipinski definition) is 3. The fourth-order valence-electron chi connectivity index (χ4n) is 5.34. The van der Waals surface area contributed by atoms with Crippen molar-refractivity contribution >= 4 is 0 Å². The first kappa shape index (κ1) is 28.3. The standard InChI is InChI=1S/C36H42O3/c1-22-16-25(10-13-31(22)37)34(4,5)28-19-29(35(6,7)26-11-14-32(38)23(2)17-26)21-30(20-28)36(8,9)27-12-15-33(39)24(3)18-27/h10-21,37-39H,1-9H3. The van der Waals surface area contributed by atoms with Crippen molar-refractivity contribution in [2.24, 2.45) is 0 Å². The average Bonchev–Trinajstić information content (AvgIpc) is 2.88. The van der Waals surface area contributed by atoms with Gasteiger partial charge in [-0.25, -0.2) is 0 Å². The molecule has 0 spiro atoms. The Morgan fingerprint density at radius 2 is 0.590 bits per heavy atom. The summed E-state index contributed by atoms with van der Waals surface area (Å²) in [5, 5.41) is 30.5. The summed E-state index contributed by atoms with van der Waals surface area (Å²) >= 11 is 0. The van der Waals surface area contributed by atoms with Gasteiger partial charge in [-0.05, 0) is 89.0 Å². The van der Waals surface area contributed by atoms with Gasteiger partial charge in [0.15, 0.2) is 0 Å². The van der Waals surface area contributed by atoms with Gasteiger partial charge in [0.05, 0.1) is 0 Å². The van der Waals surface area contributed by atoms with Crippen LogP contribution in [0.3, 0.4) is 0 Å². The molecular weight excluding hydrogens is 480 g/mol. The number of phenolic OH excluding ortho intramolecular Hbond substituents is 3. The highest BCUT2D eigenvalue weighted by atomic mass is 16.3. The van der Waals surface area contributed by atoms with Gasteiger partial charge < -0.3 is 15.3 Å². The number of aryl methyl sites for hydroxylation is 3. The molecule has 0 heterocycles. The van der Waals surface area contributed by atoms with Gasteiger partial charge in [-0.3, -0.25) is 0 Å². The topological polar surface area (TPSA) is 60.7 Å². The molecule has 204 valence electrons. The number of benzene rings is 4.